The van der Waals surface area contributed by atoms with Crippen LogP contribution in [0.4, 0.5) is 0 Å². The van der Waals surface area contributed by atoms with Gasteiger partial charge in [0.05, 0.1) is 5.69 Å². The van der Waals surface area contributed by atoms with Crippen molar-refractivity contribution in [2.75, 3.05) is 6.54 Å². The molecule has 1 fully saturated rings. The van der Waals surface area contributed by atoms with E-state index in [9.17, 15) is 0 Å². The summed E-state index contributed by atoms with van der Waals surface area (Å²) >= 11 is 6.29. The van der Waals surface area contributed by atoms with E-state index in [1.54, 1.807) is 4.68 Å². The highest BCUT2D eigenvalue weighted by molar-refractivity contribution is 6.30. The molecular formula is C13H22ClN3. The molecule has 0 aliphatic heterocycles. The topological polar surface area (TPSA) is 29.9 Å². The summed E-state index contributed by atoms with van der Waals surface area (Å²) in [7, 11) is 1.91. The highest BCUT2D eigenvalue weighted by Crippen LogP contribution is 2.49. The predicted octanol–water partition coefficient (Wildman–Crippen LogP) is 2.70. The molecule has 3 nitrogen and oxygen atoms in total. The fourth-order valence-electron chi connectivity index (χ4n) is 2.26. The molecule has 0 saturated heterocycles. The van der Waals surface area contributed by atoms with Gasteiger partial charge in [0, 0.05) is 25.2 Å². The maximum atomic E-state index is 6.29. The molecule has 1 aromatic rings. The minimum Gasteiger partial charge on any atom is -0.314 e. The van der Waals surface area contributed by atoms with Crippen molar-refractivity contribution in [1.29, 1.82) is 0 Å². The molecule has 1 aliphatic carbocycles. The van der Waals surface area contributed by atoms with Crippen LogP contribution in [0.5, 0.6) is 0 Å². The second-order valence-electron chi connectivity index (χ2n) is 5.69. The molecule has 96 valence electrons. The number of aryl methyl sites for hydroxylation is 2. The Kier molecular flexibility index (Phi) is 3.50. The Morgan fingerprint density at radius 1 is 1.47 bits per heavy atom. The van der Waals surface area contributed by atoms with E-state index in [0.29, 0.717) is 11.5 Å². The molecule has 4 heteroatoms. The molecule has 1 heterocycles. The lowest BCUT2D eigenvalue weighted by Crippen LogP contribution is -2.31. The largest absolute Gasteiger partial charge is 0.314 e. The molecule has 0 unspecified atom stereocenters. The molecule has 17 heavy (non-hydrogen) atoms. The molecule has 1 aliphatic rings. The van der Waals surface area contributed by atoms with E-state index in [2.05, 4.69) is 24.3 Å². The van der Waals surface area contributed by atoms with Crippen molar-refractivity contribution >= 4 is 11.6 Å². The Labute approximate surface area is 109 Å². The van der Waals surface area contributed by atoms with Crippen LogP contribution in [0.1, 0.15) is 37.9 Å². The van der Waals surface area contributed by atoms with Crippen LogP contribution >= 0.6 is 11.6 Å². The molecule has 2 rings (SSSR count). The summed E-state index contributed by atoms with van der Waals surface area (Å²) in [5.41, 5.74) is 2.74. The normalized spacial score (nSPS) is 17.8. The lowest BCUT2D eigenvalue weighted by atomic mass is 9.96. The van der Waals surface area contributed by atoms with Crippen LogP contribution in [0.3, 0.4) is 0 Å². The first-order chi connectivity index (χ1) is 7.93. The summed E-state index contributed by atoms with van der Waals surface area (Å²) in [6.07, 6.45) is 3.67. The Balaban J connectivity index is 2.05. The molecule has 0 bridgehead atoms. The van der Waals surface area contributed by atoms with Gasteiger partial charge in [-0.15, -0.1) is 0 Å². The van der Waals surface area contributed by atoms with Gasteiger partial charge >= 0.3 is 0 Å². The summed E-state index contributed by atoms with van der Waals surface area (Å²) in [5, 5.41) is 8.73. The molecule has 1 aromatic heterocycles. The first-order valence-electron chi connectivity index (χ1n) is 6.35. The van der Waals surface area contributed by atoms with Gasteiger partial charge < -0.3 is 5.32 Å². The first kappa shape index (κ1) is 12.9. The van der Waals surface area contributed by atoms with Gasteiger partial charge in [-0.05, 0) is 31.6 Å². The standard InChI is InChI=1S/C13H22ClN3/c1-9(2)15-8-13(5-6-13)7-11-10(3)16-17(4)12(11)14/h9,15H,5-8H2,1-4H3. The maximum Gasteiger partial charge on any atom is 0.130 e. The molecule has 0 aromatic carbocycles. The Morgan fingerprint density at radius 3 is 2.53 bits per heavy atom. The molecule has 0 radical (unpaired) electrons. The number of hydrogen-bond acceptors (Lipinski definition) is 2. The third-order valence-electron chi connectivity index (χ3n) is 3.66. The summed E-state index contributed by atoms with van der Waals surface area (Å²) in [4.78, 5) is 0. The Hall–Kier alpha value is -0.540. The van der Waals surface area contributed by atoms with Gasteiger partial charge in [0.15, 0.2) is 0 Å². The molecule has 1 saturated carbocycles. The number of aromatic nitrogens is 2. The molecule has 0 atom stereocenters. The Morgan fingerprint density at radius 2 is 2.12 bits per heavy atom. The minimum absolute atomic E-state index is 0.432. The van der Waals surface area contributed by atoms with E-state index < -0.39 is 0 Å². The van der Waals surface area contributed by atoms with Crippen molar-refractivity contribution < 1.29 is 0 Å². The van der Waals surface area contributed by atoms with Crippen molar-refractivity contribution in [2.24, 2.45) is 12.5 Å². The van der Waals surface area contributed by atoms with Gasteiger partial charge in [-0.3, -0.25) is 4.68 Å². The zero-order valence-corrected chi connectivity index (χ0v) is 11.9. The van der Waals surface area contributed by atoms with E-state index >= 15 is 0 Å². The van der Waals surface area contributed by atoms with Crippen molar-refractivity contribution in [1.82, 2.24) is 15.1 Å². The van der Waals surface area contributed by atoms with Gasteiger partial charge in [-0.2, -0.15) is 5.10 Å². The second-order valence-corrected chi connectivity index (χ2v) is 6.05. The minimum atomic E-state index is 0.432. The number of rotatable bonds is 5. The smallest absolute Gasteiger partial charge is 0.130 e. The van der Waals surface area contributed by atoms with Crippen LogP contribution in [-0.2, 0) is 13.5 Å². The van der Waals surface area contributed by atoms with E-state index in [1.807, 2.05) is 14.0 Å². The van der Waals surface area contributed by atoms with Crippen LogP contribution in [0.25, 0.3) is 0 Å². The average molecular weight is 256 g/mol. The SMILES string of the molecule is Cc1nn(C)c(Cl)c1CC1(CNC(C)C)CC1. The van der Waals surface area contributed by atoms with Crippen LogP contribution in [0, 0.1) is 12.3 Å². The van der Waals surface area contributed by atoms with Gasteiger partial charge in [-0.1, -0.05) is 25.4 Å². The van der Waals surface area contributed by atoms with Gasteiger partial charge in [-0.25, -0.2) is 0 Å². The average Bonchev–Trinajstić information content (AvgIpc) is 2.98. The summed E-state index contributed by atoms with van der Waals surface area (Å²) in [5.74, 6) is 0. The van der Waals surface area contributed by atoms with Crippen molar-refractivity contribution in [3.63, 3.8) is 0 Å². The fourth-order valence-corrected chi connectivity index (χ4v) is 2.50. The molecule has 0 spiro atoms. The first-order valence-corrected chi connectivity index (χ1v) is 6.73. The second kappa shape index (κ2) is 4.62. The van der Waals surface area contributed by atoms with Crippen LogP contribution < -0.4 is 5.32 Å². The lowest BCUT2D eigenvalue weighted by Gasteiger charge is -2.18. The van der Waals surface area contributed by atoms with Crippen LogP contribution in [0.15, 0.2) is 0 Å². The highest BCUT2D eigenvalue weighted by Gasteiger charge is 2.43. The Bertz CT molecular complexity index is 405. The van der Waals surface area contributed by atoms with Gasteiger partial charge in [0.1, 0.15) is 5.15 Å². The number of nitrogens with one attached hydrogen (secondary N) is 1. The van der Waals surface area contributed by atoms with E-state index in [-0.39, 0.29) is 0 Å². The maximum absolute atomic E-state index is 6.29. The monoisotopic (exact) mass is 255 g/mol. The van der Waals surface area contributed by atoms with Gasteiger partial charge in [0.25, 0.3) is 0 Å². The fraction of sp³-hybridized carbons (Fsp3) is 0.769. The number of hydrogen-bond donors (Lipinski definition) is 1. The van der Waals surface area contributed by atoms with Crippen molar-refractivity contribution in [3.05, 3.63) is 16.4 Å². The van der Waals surface area contributed by atoms with E-state index in [1.165, 1.54) is 18.4 Å². The molecule has 0 amide bonds. The van der Waals surface area contributed by atoms with E-state index in [0.717, 1.165) is 23.8 Å². The van der Waals surface area contributed by atoms with Crippen LogP contribution in [0.2, 0.25) is 5.15 Å². The summed E-state index contributed by atoms with van der Waals surface area (Å²) < 4.78 is 1.78. The zero-order chi connectivity index (χ0) is 12.6. The number of nitrogens with zero attached hydrogens (tertiary/aromatic N) is 2. The van der Waals surface area contributed by atoms with Gasteiger partial charge in [0.2, 0.25) is 0 Å². The molecular weight excluding hydrogens is 234 g/mol. The molecule has 1 N–H and O–H groups in total. The zero-order valence-electron chi connectivity index (χ0n) is 11.2. The van der Waals surface area contributed by atoms with Crippen LogP contribution in [-0.4, -0.2) is 22.4 Å². The number of halogens is 1. The quantitative estimate of drug-likeness (QED) is 0.877. The van der Waals surface area contributed by atoms with Crippen molar-refractivity contribution in [2.45, 2.75) is 46.1 Å². The summed E-state index contributed by atoms with van der Waals surface area (Å²) in [6, 6.07) is 0.554. The third kappa shape index (κ3) is 2.83. The van der Waals surface area contributed by atoms with E-state index in [4.69, 9.17) is 11.6 Å². The highest BCUT2D eigenvalue weighted by atomic mass is 35.5. The lowest BCUT2D eigenvalue weighted by molar-refractivity contribution is 0.429. The van der Waals surface area contributed by atoms with Crippen molar-refractivity contribution in [3.8, 4) is 0 Å². The predicted molar refractivity (Wildman–Crippen MR) is 71.5 cm³/mol. The summed E-state index contributed by atoms with van der Waals surface area (Å²) in [6.45, 7) is 7.53. The third-order valence-corrected chi connectivity index (χ3v) is 4.14.